The van der Waals surface area contributed by atoms with E-state index in [1.165, 1.54) is 12.8 Å². The number of nitrogens with one attached hydrogen (secondary N) is 1. The van der Waals surface area contributed by atoms with Crippen LogP contribution in [0.1, 0.15) is 33.6 Å². The molecule has 0 unspecified atom stereocenters. The summed E-state index contributed by atoms with van der Waals surface area (Å²) in [4.78, 5) is 4.06. The number of sulfone groups is 1. The predicted molar refractivity (Wildman–Crippen MR) is 72.4 cm³/mol. The molecule has 1 aliphatic carbocycles. The topological polar surface area (TPSA) is 59.1 Å². The van der Waals surface area contributed by atoms with Crippen LogP contribution in [-0.2, 0) is 9.84 Å². The second kappa shape index (κ2) is 4.53. The quantitative estimate of drug-likeness (QED) is 0.911. The number of hydrogen-bond donors (Lipinski definition) is 1. The Balaban J connectivity index is 2.11. The summed E-state index contributed by atoms with van der Waals surface area (Å²) < 4.78 is 23.5. The molecule has 1 fully saturated rings. The van der Waals surface area contributed by atoms with Gasteiger partial charge in [-0.05, 0) is 51.7 Å². The van der Waals surface area contributed by atoms with Crippen molar-refractivity contribution in [2.45, 2.75) is 43.4 Å². The van der Waals surface area contributed by atoms with Gasteiger partial charge in [0.05, 0.1) is 16.6 Å². The van der Waals surface area contributed by atoms with Crippen LogP contribution in [0.15, 0.2) is 23.4 Å². The van der Waals surface area contributed by atoms with Crippen molar-refractivity contribution in [3.8, 4) is 0 Å². The minimum absolute atomic E-state index is 0.145. The smallest absolute Gasteiger partial charge is 0.200 e. The summed E-state index contributed by atoms with van der Waals surface area (Å²) in [5.41, 5.74) is 0.884. The highest BCUT2D eigenvalue weighted by atomic mass is 32.2. The number of hydrogen-bond acceptors (Lipinski definition) is 4. The molecule has 1 aromatic heterocycles. The van der Waals surface area contributed by atoms with E-state index >= 15 is 0 Å². The lowest BCUT2D eigenvalue weighted by Crippen LogP contribution is -2.28. The molecule has 1 aromatic rings. The van der Waals surface area contributed by atoms with E-state index in [1.807, 2.05) is 0 Å². The predicted octanol–water partition coefficient (Wildman–Crippen LogP) is 2.48. The van der Waals surface area contributed by atoms with Gasteiger partial charge in [-0.3, -0.25) is 0 Å². The van der Waals surface area contributed by atoms with Crippen molar-refractivity contribution < 1.29 is 8.42 Å². The minimum Gasteiger partial charge on any atom is -0.384 e. The van der Waals surface area contributed by atoms with Crippen LogP contribution < -0.4 is 5.32 Å². The van der Waals surface area contributed by atoms with Crippen molar-refractivity contribution in [3.05, 3.63) is 18.3 Å². The average Bonchev–Trinajstić information content (AvgIpc) is 3.09. The highest BCUT2D eigenvalue weighted by molar-refractivity contribution is 7.92. The Morgan fingerprint density at radius 2 is 2.00 bits per heavy atom. The van der Waals surface area contributed by atoms with E-state index in [0.717, 1.165) is 18.2 Å². The zero-order valence-corrected chi connectivity index (χ0v) is 11.9. The van der Waals surface area contributed by atoms with Crippen LogP contribution in [-0.4, -0.2) is 24.7 Å². The second-order valence-corrected chi connectivity index (χ2v) is 8.48. The molecule has 0 spiro atoms. The van der Waals surface area contributed by atoms with E-state index in [0.29, 0.717) is 0 Å². The van der Waals surface area contributed by atoms with E-state index in [-0.39, 0.29) is 5.03 Å². The zero-order chi connectivity index (χ0) is 13.4. The number of aromatic nitrogens is 1. The fraction of sp³-hybridized carbons (Fsp3) is 0.615. The van der Waals surface area contributed by atoms with Crippen molar-refractivity contribution in [1.82, 2.24) is 4.98 Å². The molecule has 1 N–H and O–H groups in total. The molecule has 0 amide bonds. The number of nitrogens with zero attached hydrogens (tertiary/aromatic N) is 1. The standard InChI is InChI=1S/C13H20N2O2S/c1-13(2,3)18(16,17)12-7-6-11(9-15-12)14-8-10-4-5-10/h6-7,9-10,14H,4-5,8H2,1-3H3. The van der Waals surface area contributed by atoms with Gasteiger partial charge in [-0.2, -0.15) is 0 Å². The van der Waals surface area contributed by atoms with Crippen molar-refractivity contribution in [1.29, 1.82) is 0 Å². The molecule has 0 aliphatic heterocycles. The first kappa shape index (κ1) is 13.3. The van der Waals surface area contributed by atoms with Crippen LogP contribution in [0.4, 0.5) is 5.69 Å². The molecule has 0 atom stereocenters. The summed E-state index contributed by atoms with van der Waals surface area (Å²) in [6.07, 6.45) is 4.18. The van der Waals surface area contributed by atoms with Crippen LogP contribution in [0, 0.1) is 5.92 Å². The van der Waals surface area contributed by atoms with Gasteiger partial charge in [0, 0.05) is 6.54 Å². The Kier molecular flexibility index (Phi) is 3.36. The lowest BCUT2D eigenvalue weighted by molar-refractivity contribution is 0.556. The van der Waals surface area contributed by atoms with Gasteiger partial charge in [0.15, 0.2) is 14.9 Å². The Morgan fingerprint density at radius 3 is 2.44 bits per heavy atom. The molecule has 0 aromatic carbocycles. The van der Waals surface area contributed by atoms with Gasteiger partial charge in [-0.25, -0.2) is 13.4 Å². The highest BCUT2D eigenvalue weighted by Crippen LogP contribution is 2.29. The van der Waals surface area contributed by atoms with Crippen molar-refractivity contribution in [2.75, 3.05) is 11.9 Å². The molecule has 4 nitrogen and oxygen atoms in total. The minimum atomic E-state index is -3.35. The first-order valence-electron chi connectivity index (χ1n) is 6.25. The summed E-state index contributed by atoms with van der Waals surface area (Å²) in [6, 6.07) is 3.36. The summed E-state index contributed by atoms with van der Waals surface area (Å²) in [5.74, 6) is 0.781. The van der Waals surface area contributed by atoms with Crippen molar-refractivity contribution >= 4 is 15.5 Å². The fourth-order valence-corrected chi connectivity index (χ4v) is 2.61. The average molecular weight is 268 g/mol. The van der Waals surface area contributed by atoms with E-state index in [9.17, 15) is 8.42 Å². The third kappa shape index (κ3) is 2.83. The third-order valence-electron chi connectivity index (χ3n) is 3.11. The van der Waals surface area contributed by atoms with Crippen LogP contribution in [0.3, 0.4) is 0 Å². The maximum absolute atomic E-state index is 12.2. The van der Waals surface area contributed by atoms with Gasteiger partial charge in [0.25, 0.3) is 0 Å². The molecule has 100 valence electrons. The Morgan fingerprint density at radius 1 is 1.33 bits per heavy atom. The van der Waals surface area contributed by atoms with E-state index in [4.69, 9.17) is 0 Å². The Labute approximate surface area is 109 Å². The molecule has 5 heteroatoms. The largest absolute Gasteiger partial charge is 0.384 e. The molecule has 0 bridgehead atoms. The summed E-state index contributed by atoms with van der Waals surface area (Å²) in [6.45, 7) is 6.00. The van der Waals surface area contributed by atoms with Crippen molar-refractivity contribution in [2.24, 2.45) is 5.92 Å². The zero-order valence-electron chi connectivity index (χ0n) is 11.1. The monoisotopic (exact) mass is 268 g/mol. The van der Waals surface area contributed by atoms with Gasteiger partial charge in [0.2, 0.25) is 0 Å². The maximum Gasteiger partial charge on any atom is 0.200 e. The first-order valence-corrected chi connectivity index (χ1v) is 7.73. The lowest BCUT2D eigenvalue weighted by atomic mass is 10.3. The number of rotatable bonds is 4. The van der Waals surface area contributed by atoms with Crippen LogP contribution in [0.2, 0.25) is 0 Å². The van der Waals surface area contributed by atoms with E-state index < -0.39 is 14.6 Å². The molecule has 2 rings (SSSR count). The van der Waals surface area contributed by atoms with Gasteiger partial charge < -0.3 is 5.32 Å². The Hall–Kier alpha value is -1.10. The molecule has 1 aliphatic rings. The normalized spacial score (nSPS) is 16.6. The molecular weight excluding hydrogens is 248 g/mol. The highest BCUT2D eigenvalue weighted by Gasteiger charge is 2.31. The van der Waals surface area contributed by atoms with Gasteiger partial charge in [-0.15, -0.1) is 0 Å². The molecule has 18 heavy (non-hydrogen) atoms. The molecule has 1 heterocycles. The van der Waals surface area contributed by atoms with Crippen LogP contribution in [0.25, 0.3) is 0 Å². The number of pyridine rings is 1. The van der Waals surface area contributed by atoms with Crippen molar-refractivity contribution in [3.63, 3.8) is 0 Å². The number of anilines is 1. The lowest BCUT2D eigenvalue weighted by Gasteiger charge is -2.18. The SMILES string of the molecule is CC(C)(C)S(=O)(=O)c1ccc(NCC2CC2)cn1. The van der Waals surface area contributed by atoms with Gasteiger partial charge in [-0.1, -0.05) is 0 Å². The fourth-order valence-electron chi connectivity index (χ4n) is 1.54. The van der Waals surface area contributed by atoms with Gasteiger partial charge in [0.1, 0.15) is 0 Å². The Bertz CT molecular complexity index is 511. The molecule has 1 saturated carbocycles. The van der Waals surface area contributed by atoms with Crippen LogP contribution >= 0.6 is 0 Å². The maximum atomic E-state index is 12.2. The summed E-state index contributed by atoms with van der Waals surface area (Å²) >= 11 is 0. The molecule has 0 radical (unpaired) electrons. The molecular formula is C13H20N2O2S. The summed E-state index contributed by atoms with van der Waals surface area (Å²) in [5, 5.41) is 3.41. The van der Waals surface area contributed by atoms with E-state index in [2.05, 4.69) is 10.3 Å². The van der Waals surface area contributed by atoms with Gasteiger partial charge >= 0.3 is 0 Å². The van der Waals surface area contributed by atoms with Crippen LogP contribution in [0.5, 0.6) is 0 Å². The first-order chi connectivity index (χ1) is 8.30. The molecule has 0 saturated heterocycles. The third-order valence-corrected chi connectivity index (χ3v) is 5.51. The second-order valence-electron chi connectivity index (χ2n) is 5.83. The van der Waals surface area contributed by atoms with E-state index in [1.54, 1.807) is 39.1 Å². The summed E-state index contributed by atoms with van der Waals surface area (Å²) in [7, 11) is -3.35.